The normalized spacial score (nSPS) is 15.6. The summed E-state index contributed by atoms with van der Waals surface area (Å²) in [4.78, 5) is 14.3. The predicted octanol–water partition coefficient (Wildman–Crippen LogP) is 1.61. The molecule has 1 aliphatic heterocycles. The zero-order valence-electron chi connectivity index (χ0n) is 15.1. The Kier molecular flexibility index (Phi) is 5.91. The minimum absolute atomic E-state index is 0.223. The smallest absolute Gasteiger partial charge is 0.300 e. The maximum Gasteiger partial charge on any atom is 0.300 e. The van der Waals surface area contributed by atoms with Crippen molar-refractivity contribution in [2.45, 2.75) is 4.90 Å². The van der Waals surface area contributed by atoms with Gasteiger partial charge in [0.15, 0.2) is 0 Å². The van der Waals surface area contributed by atoms with Crippen molar-refractivity contribution in [2.75, 3.05) is 38.5 Å². The van der Waals surface area contributed by atoms with Gasteiger partial charge in [0.2, 0.25) is 10.0 Å². The second kappa shape index (κ2) is 8.35. The van der Waals surface area contributed by atoms with E-state index in [0.29, 0.717) is 31.9 Å². The Morgan fingerprint density at radius 1 is 0.963 bits per heavy atom. The topological polar surface area (TPSA) is 69.7 Å². The Hall–Kier alpha value is -2.66. The fourth-order valence-corrected chi connectivity index (χ4v) is 4.12. The summed E-state index contributed by atoms with van der Waals surface area (Å²) < 4.78 is 26.9. The van der Waals surface area contributed by atoms with E-state index in [1.165, 1.54) is 16.4 Å². The molecular formula is C20H21N3O3S. The Bertz CT molecular complexity index is 953. The number of nitrogens with zero attached hydrogens (tertiary/aromatic N) is 2. The van der Waals surface area contributed by atoms with Gasteiger partial charge in [0.25, 0.3) is 0 Å². The summed E-state index contributed by atoms with van der Waals surface area (Å²) in [5.41, 5.74) is 1.25. The summed E-state index contributed by atoms with van der Waals surface area (Å²) in [5, 5.41) is 2.65. The summed E-state index contributed by atoms with van der Waals surface area (Å²) in [6, 6.07) is 15.4. The first-order valence-electron chi connectivity index (χ1n) is 8.62. The summed E-state index contributed by atoms with van der Waals surface area (Å²) in [7, 11) is -1.54. The summed E-state index contributed by atoms with van der Waals surface area (Å²) >= 11 is 0. The van der Waals surface area contributed by atoms with E-state index >= 15 is 0 Å². The van der Waals surface area contributed by atoms with Gasteiger partial charge in [-0.05, 0) is 43.4 Å². The minimum atomic E-state index is -3.51. The van der Waals surface area contributed by atoms with Crippen molar-refractivity contribution in [1.29, 1.82) is 0 Å². The molecule has 0 aliphatic carbocycles. The van der Waals surface area contributed by atoms with Crippen LogP contribution in [0.5, 0.6) is 0 Å². The van der Waals surface area contributed by atoms with Crippen LogP contribution in [0.4, 0.5) is 5.69 Å². The fraction of sp³-hybridized carbons (Fsp3) is 0.250. The molecule has 0 saturated carbocycles. The summed E-state index contributed by atoms with van der Waals surface area (Å²) in [6.45, 7) is 2.39. The van der Waals surface area contributed by atoms with Gasteiger partial charge in [-0.25, -0.2) is 8.42 Å². The first-order valence-corrected chi connectivity index (χ1v) is 10.1. The Balaban J connectivity index is 1.65. The van der Waals surface area contributed by atoms with Crippen molar-refractivity contribution < 1.29 is 13.2 Å². The van der Waals surface area contributed by atoms with Gasteiger partial charge in [-0.3, -0.25) is 4.79 Å². The highest BCUT2D eigenvalue weighted by Gasteiger charge is 2.27. The van der Waals surface area contributed by atoms with Crippen LogP contribution in [0.1, 0.15) is 5.56 Å². The van der Waals surface area contributed by atoms with E-state index in [1.807, 2.05) is 37.4 Å². The van der Waals surface area contributed by atoms with Gasteiger partial charge in [0.05, 0.1) is 4.90 Å². The molecule has 2 aromatic rings. The highest BCUT2D eigenvalue weighted by Crippen LogP contribution is 2.19. The van der Waals surface area contributed by atoms with Gasteiger partial charge in [0, 0.05) is 43.4 Å². The van der Waals surface area contributed by atoms with Crippen LogP contribution in [0, 0.1) is 11.8 Å². The quantitative estimate of drug-likeness (QED) is 0.818. The molecule has 140 valence electrons. The number of anilines is 1. The van der Waals surface area contributed by atoms with E-state index in [1.54, 1.807) is 12.1 Å². The molecule has 1 saturated heterocycles. The molecule has 0 aromatic heterocycles. The molecule has 7 heteroatoms. The minimum Gasteiger partial charge on any atom is -0.315 e. The molecule has 1 amide bonds. The molecular weight excluding hydrogens is 362 g/mol. The summed E-state index contributed by atoms with van der Waals surface area (Å²) in [5.74, 6) is 4.84. The maximum absolute atomic E-state index is 12.7. The van der Waals surface area contributed by atoms with Crippen molar-refractivity contribution in [3.05, 3.63) is 60.2 Å². The highest BCUT2D eigenvalue weighted by atomic mass is 32.2. The summed E-state index contributed by atoms with van der Waals surface area (Å²) in [6.07, 6.45) is 0. The first kappa shape index (κ1) is 19.1. The van der Waals surface area contributed by atoms with Gasteiger partial charge in [0.1, 0.15) is 0 Å². The molecule has 3 rings (SSSR count). The lowest BCUT2D eigenvalue weighted by atomic mass is 10.2. The monoisotopic (exact) mass is 383 g/mol. The number of benzene rings is 2. The molecule has 0 spiro atoms. The lowest BCUT2D eigenvalue weighted by Crippen LogP contribution is -2.46. The molecule has 0 bridgehead atoms. The SMILES string of the molecule is CN1CCN(S(=O)(=O)c2ccc(NC(=O)C#Cc3ccccc3)cc2)CC1. The van der Waals surface area contributed by atoms with Crippen LogP contribution in [0.25, 0.3) is 0 Å². The molecule has 1 aliphatic rings. The molecule has 27 heavy (non-hydrogen) atoms. The van der Waals surface area contributed by atoms with E-state index in [0.717, 1.165) is 5.56 Å². The number of carbonyl (C=O) groups excluding carboxylic acids is 1. The van der Waals surface area contributed by atoms with Crippen LogP contribution in [0.3, 0.4) is 0 Å². The number of carbonyl (C=O) groups is 1. The Labute approximate surface area is 159 Å². The molecule has 1 N–H and O–H groups in total. The maximum atomic E-state index is 12.7. The molecule has 0 unspecified atom stereocenters. The van der Waals surface area contributed by atoms with Gasteiger partial charge in [-0.15, -0.1) is 0 Å². The van der Waals surface area contributed by atoms with E-state index in [4.69, 9.17) is 0 Å². The van der Waals surface area contributed by atoms with Crippen molar-refractivity contribution in [1.82, 2.24) is 9.21 Å². The van der Waals surface area contributed by atoms with Gasteiger partial charge < -0.3 is 10.2 Å². The molecule has 0 radical (unpaired) electrons. The highest BCUT2D eigenvalue weighted by molar-refractivity contribution is 7.89. The van der Waals surface area contributed by atoms with E-state index < -0.39 is 15.9 Å². The number of likely N-dealkylation sites (N-methyl/N-ethyl adjacent to an activating group) is 1. The van der Waals surface area contributed by atoms with Crippen LogP contribution in [0.2, 0.25) is 0 Å². The van der Waals surface area contributed by atoms with Crippen LogP contribution in [-0.4, -0.2) is 56.8 Å². The molecule has 6 nitrogen and oxygen atoms in total. The van der Waals surface area contributed by atoms with Gasteiger partial charge in [-0.1, -0.05) is 24.1 Å². The average molecular weight is 383 g/mol. The van der Waals surface area contributed by atoms with Crippen molar-refractivity contribution in [2.24, 2.45) is 0 Å². The molecule has 1 heterocycles. The standard InChI is InChI=1S/C20H21N3O3S/c1-22-13-15-23(16-14-22)27(25,26)19-10-8-18(9-11-19)21-20(24)12-7-17-5-3-2-4-6-17/h2-6,8-11H,13-16H2,1H3,(H,21,24). The first-order chi connectivity index (χ1) is 12.9. The number of rotatable bonds is 3. The molecule has 1 fully saturated rings. The second-order valence-electron chi connectivity index (χ2n) is 6.30. The van der Waals surface area contributed by atoms with Gasteiger partial charge >= 0.3 is 5.91 Å². The lowest BCUT2D eigenvalue weighted by Gasteiger charge is -2.31. The third kappa shape index (κ3) is 4.95. The van der Waals surface area contributed by atoms with Crippen LogP contribution >= 0.6 is 0 Å². The number of sulfonamides is 1. The third-order valence-corrected chi connectivity index (χ3v) is 6.22. The van der Waals surface area contributed by atoms with Crippen molar-refractivity contribution in [3.8, 4) is 11.8 Å². The van der Waals surface area contributed by atoms with Crippen LogP contribution in [-0.2, 0) is 14.8 Å². The number of nitrogens with one attached hydrogen (secondary N) is 1. The third-order valence-electron chi connectivity index (χ3n) is 4.31. The van der Waals surface area contributed by atoms with Gasteiger partial charge in [-0.2, -0.15) is 4.31 Å². The Morgan fingerprint density at radius 2 is 1.59 bits per heavy atom. The zero-order chi connectivity index (χ0) is 19.3. The Morgan fingerprint density at radius 3 is 2.22 bits per heavy atom. The van der Waals surface area contributed by atoms with E-state index in [9.17, 15) is 13.2 Å². The average Bonchev–Trinajstić information content (AvgIpc) is 2.68. The second-order valence-corrected chi connectivity index (χ2v) is 8.24. The molecule has 2 aromatic carbocycles. The number of hydrogen-bond acceptors (Lipinski definition) is 4. The fourth-order valence-electron chi connectivity index (χ4n) is 2.70. The van der Waals surface area contributed by atoms with E-state index in [2.05, 4.69) is 22.1 Å². The number of hydrogen-bond donors (Lipinski definition) is 1. The zero-order valence-corrected chi connectivity index (χ0v) is 15.9. The predicted molar refractivity (Wildman–Crippen MR) is 105 cm³/mol. The van der Waals surface area contributed by atoms with Crippen molar-refractivity contribution in [3.63, 3.8) is 0 Å². The van der Waals surface area contributed by atoms with Crippen LogP contribution in [0.15, 0.2) is 59.5 Å². The van der Waals surface area contributed by atoms with Crippen molar-refractivity contribution >= 4 is 21.6 Å². The van der Waals surface area contributed by atoms with E-state index in [-0.39, 0.29) is 4.90 Å². The van der Waals surface area contributed by atoms with Crippen LogP contribution < -0.4 is 5.32 Å². The number of amides is 1. The largest absolute Gasteiger partial charge is 0.315 e. The number of piperazine rings is 1. The molecule has 0 atom stereocenters. The lowest BCUT2D eigenvalue weighted by molar-refractivity contribution is -0.111.